The summed E-state index contributed by atoms with van der Waals surface area (Å²) in [6.07, 6.45) is 1.31. The van der Waals surface area contributed by atoms with Crippen LogP contribution in [0.3, 0.4) is 0 Å². The molecule has 0 aliphatic heterocycles. The third-order valence-electron chi connectivity index (χ3n) is 3.74. The van der Waals surface area contributed by atoms with Crippen LogP contribution >= 0.6 is 11.6 Å². The second-order valence-electron chi connectivity index (χ2n) is 6.79. The molecular formula is C22H25ClN4O5. The van der Waals surface area contributed by atoms with Crippen LogP contribution in [-0.2, 0) is 14.4 Å². The van der Waals surface area contributed by atoms with Crippen molar-refractivity contribution < 1.29 is 23.9 Å². The third kappa shape index (κ3) is 7.92. The summed E-state index contributed by atoms with van der Waals surface area (Å²) in [7, 11) is 0. The first-order valence-electron chi connectivity index (χ1n) is 9.88. The fraction of sp³-hybridized carbons (Fsp3) is 0.273. The molecule has 2 rings (SSSR count). The van der Waals surface area contributed by atoms with Crippen LogP contribution in [-0.4, -0.2) is 43.2 Å². The van der Waals surface area contributed by atoms with E-state index in [4.69, 9.17) is 21.1 Å². The maximum absolute atomic E-state index is 12.1. The van der Waals surface area contributed by atoms with Gasteiger partial charge >= 0.3 is 11.8 Å². The van der Waals surface area contributed by atoms with Gasteiger partial charge in [0.2, 0.25) is 0 Å². The Morgan fingerprint density at radius 2 is 1.81 bits per heavy atom. The summed E-state index contributed by atoms with van der Waals surface area (Å²) >= 11 is 6.31. The van der Waals surface area contributed by atoms with E-state index in [1.165, 1.54) is 12.3 Å². The molecule has 3 N–H and O–H groups in total. The molecule has 2 aromatic carbocycles. The minimum atomic E-state index is -0.893. The van der Waals surface area contributed by atoms with Crippen molar-refractivity contribution >= 4 is 41.2 Å². The van der Waals surface area contributed by atoms with Crippen LogP contribution < -0.4 is 25.5 Å². The lowest BCUT2D eigenvalue weighted by Gasteiger charge is -2.14. The summed E-state index contributed by atoms with van der Waals surface area (Å²) in [6, 6.07) is 11.9. The lowest BCUT2D eigenvalue weighted by atomic mass is 10.2. The molecule has 0 bridgehead atoms. The molecule has 0 atom stereocenters. The van der Waals surface area contributed by atoms with E-state index < -0.39 is 11.8 Å². The average molecular weight is 461 g/mol. The van der Waals surface area contributed by atoms with Gasteiger partial charge in [-0.3, -0.25) is 14.4 Å². The molecule has 0 saturated carbocycles. The Morgan fingerprint density at radius 3 is 2.47 bits per heavy atom. The number of amides is 3. The Kier molecular flexibility index (Phi) is 9.49. The molecule has 0 fully saturated rings. The fourth-order valence-corrected chi connectivity index (χ4v) is 2.74. The van der Waals surface area contributed by atoms with Crippen LogP contribution in [0.4, 0.5) is 5.69 Å². The van der Waals surface area contributed by atoms with E-state index in [1.807, 2.05) is 6.07 Å². The maximum Gasteiger partial charge on any atom is 0.329 e. The number of ether oxygens (including phenoxy) is 2. The van der Waals surface area contributed by atoms with Crippen LogP contribution in [0.5, 0.6) is 11.5 Å². The van der Waals surface area contributed by atoms with Crippen molar-refractivity contribution in [2.45, 2.75) is 26.8 Å². The van der Waals surface area contributed by atoms with Crippen molar-refractivity contribution in [3.05, 3.63) is 53.1 Å². The van der Waals surface area contributed by atoms with E-state index in [0.717, 1.165) is 0 Å². The molecule has 0 saturated heterocycles. The molecule has 170 valence electrons. The van der Waals surface area contributed by atoms with Crippen molar-refractivity contribution in [3.8, 4) is 11.5 Å². The van der Waals surface area contributed by atoms with Gasteiger partial charge in [0.1, 0.15) is 0 Å². The highest BCUT2D eigenvalue weighted by Crippen LogP contribution is 2.36. The monoisotopic (exact) mass is 460 g/mol. The molecule has 9 nitrogen and oxygen atoms in total. The third-order valence-corrected chi connectivity index (χ3v) is 4.02. The van der Waals surface area contributed by atoms with Gasteiger partial charge in [-0.15, -0.1) is 0 Å². The van der Waals surface area contributed by atoms with Crippen molar-refractivity contribution in [1.82, 2.24) is 10.7 Å². The van der Waals surface area contributed by atoms with E-state index in [2.05, 4.69) is 21.2 Å². The Morgan fingerprint density at radius 1 is 1.09 bits per heavy atom. The number of halogens is 1. The lowest BCUT2D eigenvalue weighted by molar-refractivity contribution is -0.139. The molecule has 10 heteroatoms. The number of anilines is 1. The summed E-state index contributed by atoms with van der Waals surface area (Å²) in [6.45, 7) is 5.31. The van der Waals surface area contributed by atoms with Gasteiger partial charge in [0.05, 0.1) is 17.8 Å². The molecule has 0 unspecified atom stereocenters. The van der Waals surface area contributed by atoms with E-state index >= 15 is 0 Å². The normalized spacial score (nSPS) is 10.7. The van der Waals surface area contributed by atoms with Crippen molar-refractivity contribution in [2.24, 2.45) is 5.10 Å². The molecular weight excluding hydrogens is 436 g/mol. The number of benzene rings is 2. The molecule has 0 heterocycles. The number of rotatable bonds is 9. The second-order valence-corrected chi connectivity index (χ2v) is 7.20. The first-order valence-corrected chi connectivity index (χ1v) is 10.3. The van der Waals surface area contributed by atoms with Gasteiger partial charge in [-0.1, -0.05) is 29.8 Å². The van der Waals surface area contributed by atoms with Gasteiger partial charge in [-0.25, -0.2) is 5.43 Å². The van der Waals surface area contributed by atoms with Crippen molar-refractivity contribution in [1.29, 1.82) is 0 Å². The number of carbonyl (C=O) groups is 3. The van der Waals surface area contributed by atoms with Crippen molar-refractivity contribution in [3.63, 3.8) is 0 Å². The predicted molar refractivity (Wildman–Crippen MR) is 122 cm³/mol. The number of nitrogens with zero attached hydrogens (tertiary/aromatic N) is 1. The Balaban J connectivity index is 2.04. The van der Waals surface area contributed by atoms with Gasteiger partial charge in [-0.05, 0) is 50.6 Å². The fourth-order valence-electron chi connectivity index (χ4n) is 2.47. The highest BCUT2D eigenvalue weighted by atomic mass is 35.5. The van der Waals surface area contributed by atoms with Crippen LogP contribution in [0.15, 0.2) is 47.6 Å². The molecule has 3 amide bonds. The van der Waals surface area contributed by atoms with E-state index in [-0.39, 0.29) is 29.3 Å². The molecule has 0 aliphatic carbocycles. The summed E-state index contributed by atoms with van der Waals surface area (Å²) in [4.78, 5) is 35.4. The van der Waals surface area contributed by atoms with Crippen LogP contribution in [0.25, 0.3) is 0 Å². The standard InChI is InChI=1S/C22H25ClN4O5/c1-4-31-18-11-15(12-24-27-22(30)21(29)25-14(2)3)10-17(23)20(18)32-13-19(28)26-16-8-6-5-7-9-16/h5-12,14H,4,13H2,1-3H3,(H,25,29)(H,26,28)(H,27,30)/b24-12-. The average Bonchev–Trinajstić information content (AvgIpc) is 2.73. The van der Waals surface area contributed by atoms with E-state index in [0.29, 0.717) is 23.6 Å². The number of hydrogen-bond acceptors (Lipinski definition) is 6. The zero-order valence-electron chi connectivity index (χ0n) is 18.0. The molecule has 32 heavy (non-hydrogen) atoms. The topological polar surface area (TPSA) is 118 Å². The largest absolute Gasteiger partial charge is 0.490 e. The zero-order chi connectivity index (χ0) is 23.5. The van der Waals surface area contributed by atoms with Crippen LogP contribution in [0, 0.1) is 0 Å². The summed E-state index contributed by atoms with van der Waals surface area (Å²) < 4.78 is 11.1. The smallest absolute Gasteiger partial charge is 0.329 e. The Labute approximate surface area is 191 Å². The molecule has 2 aromatic rings. The molecule has 0 aromatic heterocycles. The second kappa shape index (κ2) is 12.3. The maximum atomic E-state index is 12.1. The molecule has 0 radical (unpaired) electrons. The SMILES string of the molecule is CCOc1cc(/C=N\NC(=O)C(=O)NC(C)C)cc(Cl)c1OCC(=O)Nc1ccccc1. The van der Waals surface area contributed by atoms with Crippen LogP contribution in [0.2, 0.25) is 5.02 Å². The van der Waals surface area contributed by atoms with Gasteiger partial charge in [0.25, 0.3) is 5.91 Å². The molecule has 0 aliphatic rings. The minimum absolute atomic E-state index is 0.174. The highest BCUT2D eigenvalue weighted by molar-refractivity contribution is 6.35. The van der Waals surface area contributed by atoms with E-state index in [9.17, 15) is 14.4 Å². The first kappa shape index (κ1) is 24.7. The Hall–Kier alpha value is -3.59. The minimum Gasteiger partial charge on any atom is -0.490 e. The predicted octanol–water partition coefficient (Wildman–Crippen LogP) is 2.73. The molecule has 0 spiro atoms. The van der Waals surface area contributed by atoms with Crippen LogP contribution in [0.1, 0.15) is 26.3 Å². The summed E-state index contributed by atoms with van der Waals surface area (Å²) in [5, 5.41) is 9.12. The Bertz CT molecular complexity index is 980. The van der Waals surface area contributed by atoms with Gasteiger partial charge < -0.3 is 20.1 Å². The van der Waals surface area contributed by atoms with Gasteiger partial charge in [0.15, 0.2) is 18.1 Å². The summed E-state index contributed by atoms with van der Waals surface area (Å²) in [5.41, 5.74) is 3.27. The summed E-state index contributed by atoms with van der Waals surface area (Å²) in [5.74, 6) is -1.53. The number of para-hydroxylation sites is 1. The van der Waals surface area contributed by atoms with Gasteiger partial charge in [-0.2, -0.15) is 5.10 Å². The number of carbonyl (C=O) groups excluding carboxylic acids is 3. The number of hydrazone groups is 1. The first-order chi connectivity index (χ1) is 15.3. The lowest BCUT2D eigenvalue weighted by Crippen LogP contribution is -2.41. The van der Waals surface area contributed by atoms with Gasteiger partial charge in [0, 0.05) is 11.7 Å². The number of nitrogens with one attached hydrogen (secondary N) is 3. The number of hydrogen-bond donors (Lipinski definition) is 3. The quantitative estimate of drug-likeness (QED) is 0.302. The highest BCUT2D eigenvalue weighted by Gasteiger charge is 2.15. The van der Waals surface area contributed by atoms with E-state index in [1.54, 1.807) is 51.1 Å². The van der Waals surface area contributed by atoms with Crippen molar-refractivity contribution in [2.75, 3.05) is 18.5 Å². The zero-order valence-corrected chi connectivity index (χ0v) is 18.7.